The zero-order chi connectivity index (χ0) is 20.3. The molecule has 0 aliphatic carbocycles. The first-order valence-corrected chi connectivity index (χ1v) is 8.74. The second kappa shape index (κ2) is 8.28. The van der Waals surface area contributed by atoms with Gasteiger partial charge < -0.3 is 5.32 Å². The van der Waals surface area contributed by atoms with Gasteiger partial charge in [0.15, 0.2) is 0 Å². The molecule has 2 heterocycles. The first-order chi connectivity index (χ1) is 13.4. The Kier molecular flexibility index (Phi) is 5.81. The van der Waals surface area contributed by atoms with Crippen molar-refractivity contribution < 1.29 is 18.0 Å². The number of nitrogens with one attached hydrogen (secondary N) is 1. The van der Waals surface area contributed by atoms with E-state index in [-0.39, 0.29) is 36.9 Å². The van der Waals surface area contributed by atoms with Gasteiger partial charge in [0.25, 0.3) is 0 Å². The Hall–Kier alpha value is -3.10. The number of aryl methyl sites for hydroxylation is 1. The van der Waals surface area contributed by atoms with Crippen LogP contribution < -0.4 is 5.32 Å². The van der Waals surface area contributed by atoms with Gasteiger partial charge in [-0.3, -0.25) is 9.36 Å². The minimum Gasteiger partial charge on any atom is -0.355 e. The van der Waals surface area contributed by atoms with Crippen LogP contribution in [0.25, 0.3) is 5.69 Å². The van der Waals surface area contributed by atoms with E-state index in [1.807, 2.05) is 6.92 Å². The summed E-state index contributed by atoms with van der Waals surface area (Å²) in [5, 5.41) is 7.16. The van der Waals surface area contributed by atoms with E-state index in [1.165, 1.54) is 24.5 Å². The number of carbonyl (C=O) groups is 1. The Morgan fingerprint density at radius 1 is 1.21 bits per heavy atom. The lowest BCUT2D eigenvalue weighted by Crippen LogP contribution is -2.28. The maximum absolute atomic E-state index is 13.1. The molecule has 1 aromatic carbocycles. The third-order valence-electron chi connectivity index (χ3n) is 4.48. The van der Waals surface area contributed by atoms with Crippen molar-refractivity contribution >= 4 is 5.91 Å². The molecular weight excluding hydrogens is 371 g/mol. The largest absolute Gasteiger partial charge is 0.355 e. The molecule has 0 fully saturated rings. The molecule has 0 aliphatic rings. The number of benzene rings is 1. The van der Waals surface area contributed by atoms with Crippen molar-refractivity contribution in [2.24, 2.45) is 0 Å². The van der Waals surface area contributed by atoms with Crippen LogP contribution >= 0.6 is 0 Å². The summed E-state index contributed by atoms with van der Waals surface area (Å²) in [6.45, 7) is 1.18. The van der Waals surface area contributed by atoms with Crippen LogP contribution in [-0.2, 0) is 17.6 Å². The summed E-state index contributed by atoms with van der Waals surface area (Å²) in [6.07, 6.45) is 2.83. The summed E-state index contributed by atoms with van der Waals surface area (Å²) < 4.78 is 41.1. The lowest BCUT2D eigenvalue weighted by Gasteiger charge is -2.08. The van der Waals surface area contributed by atoms with E-state index in [4.69, 9.17) is 0 Å². The molecule has 0 saturated heterocycles. The maximum atomic E-state index is 13.1. The lowest BCUT2D eigenvalue weighted by molar-refractivity contribution is -0.120. The van der Waals surface area contributed by atoms with Crippen LogP contribution in [0.3, 0.4) is 0 Å². The van der Waals surface area contributed by atoms with Crippen LogP contribution in [0.15, 0.2) is 36.7 Å². The molecule has 28 heavy (non-hydrogen) atoms. The maximum Gasteiger partial charge on any atom is 0.319 e. The fourth-order valence-electron chi connectivity index (χ4n) is 3.02. The third kappa shape index (κ3) is 4.24. The second-order valence-corrected chi connectivity index (χ2v) is 6.34. The van der Waals surface area contributed by atoms with E-state index >= 15 is 0 Å². The molecule has 6 nitrogen and oxygen atoms in total. The molecule has 0 bridgehead atoms. The minimum atomic E-state index is -2.66. The predicted octanol–water partition coefficient (Wildman–Crippen LogP) is 3.12. The average molecular weight is 391 g/mol. The fraction of sp³-hybridized carbons (Fsp3) is 0.316. The number of amides is 1. The van der Waals surface area contributed by atoms with E-state index in [1.54, 1.807) is 23.7 Å². The van der Waals surface area contributed by atoms with Crippen molar-refractivity contribution in [3.05, 3.63) is 65.3 Å². The van der Waals surface area contributed by atoms with E-state index in [9.17, 15) is 18.0 Å². The molecule has 1 N–H and O–H groups in total. The zero-order valence-corrected chi connectivity index (χ0v) is 15.5. The first-order valence-electron chi connectivity index (χ1n) is 8.74. The Bertz CT molecular complexity index is 963. The van der Waals surface area contributed by atoms with Crippen LogP contribution in [0, 0.1) is 19.7 Å². The SMILES string of the molecule is Cc1nn(-c2ccc(F)cc2)c(C)c1CC(=O)NCCc1nccn1C(F)F. The highest BCUT2D eigenvalue weighted by atomic mass is 19.3. The van der Waals surface area contributed by atoms with Crippen molar-refractivity contribution in [2.75, 3.05) is 6.54 Å². The molecule has 1 amide bonds. The van der Waals surface area contributed by atoms with Crippen LogP contribution in [0.4, 0.5) is 13.2 Å². The second-order valence-electron chi connectivity index (χ2n) is 6.34. The molecule has 0 atom stereocenters. The quantitative estimate of drug-likeness (QED) is 0.673. The lowest BCUT2D eigenvalue weighted by atomic mass is 10.1. The van der Waals surface area contributed by atoms with Crippen molar-refractivity contribution in [3.63, 3.8) is 0 Å². The topological polar surface area (TPSA) is 64.7 Å². The first kappa shape index (κ1) is 19.7. The number of alkyl halides is 2. The van der Waals surface area contributed by atoms with Gasteiger partial charge in [-0.25, -0.2) is 14.1 Å². The van der Waals surface area contributed by atoms with Crippen molar-refractivity contribution in [3.8, 4) is 5.69 Å². The fourth-order valence-corrected chi connectivity index (χ4v) is 3.02. The van der Waals surface area contributed by atoms with E-state index in [2.05, 4.69) is 15.4 Å². The molecule has 0 spiro atoms. The molecule has 0 radical (unpaired) electrons. The molecule has 3 aromatic rings. The Labute approximate surface area is 160 Å². The highest BCUT2D eigenvalue weighted by Gasteiger charge is 2.16. The van der Waals surface area contributed by atoms with Crippen molar-refractivity contribution in [1.29, 1.82) is 0 Å². The third-order valence-corrected chi connectivity index (χ3v) is 4.48. The summed E-state index contributed by atoms with van der Waals surface area (Å²) in [6, 6.07) is 5.93. The van der Waals surface area contributed by atoms with Crippen LogP contribution in [0.1, 0.15) is 29.3 Å². The van der Waals surface area contributed by atoms with Crippen molar-refractivity contribution in [2.45, 2.75) is 33.2 Å². The van der Waals surface area contributed by atoms with Gasteiger partial charge in [0.2, 0.25) is 5.91 Å². The van der Waals surface area contributed by atoms with Gasteiger partial charge in [0.05, 0.1) is 17.8 Å². The molecule has 0 unspecified atom stereocenters. The normalized spacial score (nSPS) is 11.2. The predicted molar refractivity (Wildman–Crippen MR) is 96.9 cm³/mol. The van der Waals surface area contributed by atoms with Gasteiger partial charge in [0, 0.05) is 36.6 Å². The van der Waals surface area contributed by atoms with Crippen molar-refractivity contribution in [1.82, 2.24) is 24.6 Å². The van der Waals surface area contributed by atoms with Gasteiger partial charge in [0.1, 0.15) is 11.6 Å². The summed E-state index contributed by atoms with van der Waals surface area (Å²) in [5.41, 5.74) is 2.96. The number of rotatable bonds is 7. The molecule has 148 valence electrons. The number of halogens is 3. The van der Waals surface area contributed by atoms with E-state index < -0.39 is 6.55 Å². The number of aromatic nitrogens is 4. The minimum absolute atomic E-state index is 0.113. The number of imidazole rings is 1. The van der Waals surface area contributed by atoms with Gasteiger partial charge in [-0.05, 0) is 38.1 Å². The molecule has 3 rings (SSSR count). The van der Waals surface area contributed by atoms with Gasteiger partial charge >= 0.3 is 6.55 Å². The van der Waals surface area contributed by atoms with Crippen LogP contribution in [0.5, 0.6) is 0 Å². The molecule has 0 saturated carbocycles. The number of nitrogens with zero attached hydrogens (tertiary/aromatic N) is 4. The highest BCUT2D eigenvalue weighted by molar-refractivity contribution is 5.79. The highest BCUT2D eigenvalue weighted by Crippen LogP contribution is 2.19. The summed E-state index contributed by atoms with van der Waals surface area (Å²) in [4.78, 5) is 16.2. The summed E-state index contributed by atoms with van der Waals surface area (Å²) in [5.74, 6) is -0.357. The van der Waals surface area contributed by atoms with E-state index in [0.717, 1.165) is 15.8 Å². The Morgan fingerprint density at radius 2 is 1.93 bits per heavy atom. The number of hydrogen-bond acceptors (Lipinski definition) is 3. The molecule has 0 aliphatic heterocycles. The standard InChI is InChI=1S/C19H20F3N5O/c1-12-16(13(2)27(25-12)15-5-3-14(20)4-6-15)11-18(28)24-8-7-17-23-9-10-26(17)19(21)22/h3-6,9-10,19H,7-8,11H2,1-2H3,(H,24,28). The molecular formula is C19H20F3N5O. The number of hydrogen-bond donors (Lipinski definition) is 1. The average Bonchev–Trinajstić information content (AvgIpc) is 3.23. The van der Waals surface area contributed by atoms with E-state index in [0.29, 0.717) is 11.4 Å². The van der Waals surface area contributed by atoms with Gasteiger partial charge in [-0.2, -0.15) is 13.9 Å². The smallest absolute Gasteiger partial charge is 0.319 e. The van der Waals surface area contributed by atoms with Gasteiger partial charge in [-0.15, -0.1) is 0 Å². The van der Waals surface area contributed by atoms with Crippen LogP contribution in [-0.4, -0.2) is 31.8 Å². The molecule has 2 aromatic heterocycles. The summed E-state index contributed by atoms with van der Waals surface area (Å²) >= 11 is 0. The van der Waals surface area contributed by atoms with Crippen LogP contribution in [0.2, 0.25) is 0 Å². The Morgan fingerprint density at radius 3 is 2.61 bits per heavy atom. The summed E-state index contributed by atoms with van der Waals surface area (Å²) in [7, 11) is 0. The monoisotopic (exact) mass is 391 g/mol. The zero-order valence-electron chi connectivity index (χ0n) is 15.5. The van der Waals surface area contributed by atoms with Gasteiger partial charge in [-0.1, -0.05) is 0 Å². The molecule has 9 heteroatoms. The Balaban J connectivity index is 1.62. The number of carbonyl (C=O) groups excluding carboxylic acids is 1.